The van der Waals surface area contributed by atoms with Crippen LogP contribution in [0.15, 0.2) is 36.4 Å². The standard InChI is InChI=1S/C17H16O2/c1-11-5-6-15(17(18)19)10-16(11)14-8-7-12-3-2-4-13(12)9-14/h5-10H,2-4H2,1H3,(H,18,19). The Bertz CT molecular complexity index is 656. The molecule has 0 aromatic heterocycles. The maximum Gasteiger partial charge on any atom is 0.335 e. The number of benzene rings is 2. The fraction of sp³-hybridized carbons (Fsp3) is 0.235. The molecule has 2 aromatic rings. The molecule has 1 aliphatic rings. The van der Waals surface area contributed by atoms with Gasteiger partial charge in [0.05, 0.1) is 5.56 Å². The fourth-order valence-corrected chi connectivity index (χ4v) is 2.81. The minimum Gasteiger partial charge on any atom is -0.478 e. The molecule has 0 heterocycles. The zero-order valence-electron chi connectivity index (χ0n) is 10.9. The Hall–Kier alpha value is -2.09. The summed E-state index contributed by atoms with van der Waals surface area (Å²) in [6.07, 6.45) is 3.54. The molecule has 2 heteroatoms. The second kappa shape index (κ2) is 4.54. The first-order valence-corrected chi connectivity index (χ1v) is 6.61. The van der Waals surface area contributed by atoms with Crippen molar-refractivity contribution in [3.8, 4) is 11.1 Å². The molecule has 2 nitrogen and oxygen atoms in total. The summed E-state index contributed by atoms with van der Waals surface area (Å²) >= 11 is 0. The van der Waals surface area contributed by atoms with Gasteiger partial charge < -0.3 is 5.11 Å². The molecule has 2 aromatic carbocycles. The molecular weight excluding hydrogens is 236 g/mol. The number of carbonyl (C=O) groups is 1. The van der Waals surface area contributed by atoms with Crippen molar-refractivity contribution < 1.29 is 9.90 Å². The smallest absolute Gasteiger partial charge is 0.335 e. The summed E-state index contributed by atoms with van der Waals surface area (Å²) in [6, 6.07) is 11.8. The first kappa shape index (κ1) is 12.0. The predicted octanol–water partition coefficient (Wildman–Crippen LogP) is 3.85. The molecule has 0 amide bonds. The minimum absolute atomic E-state index is 0.348. The molecule has 1 N–H and O–H groups in total. The number of aryl methyl sites for hydroxylation is 3. The van der Waals surface area contributed by atoms with E-state index in [-0.39, 0.29) is 0 Å². The molecule has 19 heavy (non-hydrogen) atoms. The van der Waals surface area contributed by atoms with Gasteiger partial charge in [-0.25, -0.2) is 4.79 Å². The molecule has 0 fully saturated rings. The van der Waals surface area contributed by atoms with Gasteiger partial charge in [-0.05, 0) is 66.1 Å². The van der Waals surface area contributed by atoms with Gasteiger partial charge in [0.1, 0.15) is 0 Å². The highest BCUT2D eigenvalue weighted by molar-refractivity contribution is 5.90. The predicted molar refractivity (Wildman–Crippen MR) is 75.6 cm³/mol. The zero-order chi connectivity index (χ0) is 13.4. The van der Waals surface area contributed by atoms with Crippen LogP contribution in [0, 0.1) is 6.92 Å². The first-order valence-electron chi connectivity index (χ1n) is 6.61. The molecule has 1 aliphatic carbocycles. The number of carboxylic acids is 1. The van der Waals surface area contributed by atoms with Gasteiger partial charge >= 0.3 is 5.97 Å². The summed E-state index contributed by atoms with van der Waals surface area (Å²) in [4.78, 5) is 11.1. The van der Waals surface area contributed by atoms with Crippen LogP contribution in [0.2, 0.25) is 0 Å². The van der Waals surface area contributed by atoms with E-state index in [1.807, 2.05) is 13.0 Å². The van der Waals surface area contributed by atoms with Gasteiger partial charge in [-0.1, -0.05) is 24.3 Å². The Morgan fingerprint density at radius 3 is 2.63 bits per heavy atom. The van der Waals surface area contributed by atoms with E-state index >= 15 is 0 Å². The largest absolute Gasteiger partial charge is 0.478 e. The molecule has 0 saturated heterocycles. The summed E-state index contributed by atoms with van der Waals surface area (Å²) in [5.41, 5.74) is 6.47. The summed E-state index contributed by atoms with van der Waals surface area (Å²) in [6.45, 7) is 2.02. The molecule has 3 rings (SSSR count). The molecule has 0 atom stereocenters. The third kappa shape index (κ3) is 2.14. The first-order chi connectivity index (χ1) is 9.15. The molecule has 0 spiro atoms. The summed E-state index contributed by atoms with van der Waals surface area (Å²) < 4.78 is 0. The summed E-state index contributed by atoms with van der Waals surface area (Å²) in [7, 11) is 0. The van der Waals surface area contributed by atoms with Crippen molar-refractivity contribution >= 4 is 5.97 Å². The quantitative estimate of drug-likeness (QED) is 0.881. The van der Waals surface area contributed by atoms with Crippen molar-refractivity contribution in [1.29, 1.82) is 0 Å². The topological polar surface area (TPSA) is 37.3 Å². The van der Waals surface area contributed by atoms with E-state index in [4.69, 9.17) is 5.11 Å². The molecule has 0 unspecified atom stereocenters. The van der Waals surface area contributed by atoms with E-state index in [0.29, 0.717) is 5.56 Å². The molecule has 0 bridgehead atoms. The Labute approximate surface area is 112 Å². The lowest BCUT2D eigenvalue weighted by atomic mass is 9.95. The van der Waals surface area contributed by atoms with Crippen molar-refractivity contribution in [2.75, 3.05) is 0 Å². The highest BCUT2D eigenvalue weighted by atomic mass is 16.4. The molecule has 96 valence electrons. The van der Waals surface area contributed by atoms with Gasteiger partial charge in [-0.2, -0.15) is 0 Å². The number of carboxylic acid groups (broad SMARTS) is 1. The second-order valence-electron chi connectivity index (χ2n) is 5.17. The molecule has 0 saturated carbocycles. The Balaban J connectivity index is 2.11. The highest BCUT2D eigenvalue weighted by Crippen LogP contribution is 2.30. The van der Waals surface area contributed by atoms with Crippen LogP contribution in [-0.4, -0.2) is 11.1 Å². The van der Waals surface area contributed by atoms with Gasteiger partial charge in [0.15, 0.2) is 0 Å². The van der Waals surface area contributed by atoms with Crippen LogP contribution >= 0.6 is 0 Å². The third-order valence-corrected chi connectivity index (χ3v) is 3.89. The van der Waals surface area contributed by atoms with Crippen LogP contribution in [0.1, 0.15) is 33.5 Å². The van der Waals surface area contributed by atoms with E-state index in [1.54, 1.807) is 12.1 Å². The van der Waals surface area contributed by atoms with Gasteiger partial charge in [0.25, 0.3) is 0 Å². The van der Waals surface area contributed by atoms with Gasteiger partial charge in [0.2, 0.25) is 0 Å². The van der Waals surface area contributed by atoms with Crippen molar-refractivity contribution in [2.24, 2.45) is 0 Å². The average molecular weight is 252 g/mol. The Morgan fingerprint density at radius 1 is 1.05 bits per heavy atom. The second-order valence-corrected chi connectivity index (χ2v) is 5.17. The van der Waals surface area contributed by atoms with E-state index in [1.165, 1.54) is 24.0 Å². The van der Waals surface area contributed by atoms with Crippen LogP contribution in [0.5, 0.6) is 0 Å². The maximum absolute atomic E-state index is 11.1. The van der Waals surface area contributed by atoms with E-state index in [0.717, 1.165) is 23.1 Å². The van der Waals surface area contributed by atoms with E-state index < -0.39 is 5.97 Å². The van der Waals surface area contributed by atoms with Crippen molar-refractivity contribution in [3.63, 3.8) is 0 Å². The Morgan fingerprint density at radius 2 is 1.84 bits per heavy atom. The molecular formula is C17H16O2. The molecule has 0 radical (unpaired) electrons. The van der Waals surface area contributed by atoms with Crippen LogP contribution in [0.25, 0.3) is 11.1 Å². The number of hydrogen-bond donors (Lipinski definition) is 1. The number of rotatable bonds is 2. The monoisotopic (exact) mass is 252 g/mol. The average Bonchev–Trinajstić information content (AvgIpc) is 2.86. The minimum atomic E-state index is -0.873. The highest BCUT2D eigenvalue weighted by Gasteiger charge is 2.13. The van der Waals surface area contributed by atoms with Crippen LogP contribution in [0.3, 0.4) is 0 Å². The molecule has 0 aliphatic heterocycles. The van der Waals surface area contributed by atoms with E-state index in [2.05, 4.69) is 18.2 Å². The van der Waals surface area contributed by atoms with Crippen LogP contribution in [0.4, 0.5) is 0 Å². The van der Waals surface area contributed by atoms with Crippen LogP contribution < -0.4 is 0 Å². The number of hydrogen-bond acceptors (Lipinski definition) is 1. The normalized spacial score (nSPS) is 13.3. The number of aromatic carboxylic acids is 1. The van der Waals surface area contributed by atoms with Crippen molar-refractivity contribution in [2.45, 2.75) is 26.2 Å². The van der Waals surface area contributed by atoms with Crippen molar-refractivity contribution in [3.05, 3.63) is 58.7 Å². The lowest BCUT2D eigenvalue weighted by molar-refractivity contribution is 0.0697. The van der Waals surface area contributed by atoms with E-state index in [9.17, 15) is 4.79 Å². The van der Waals surface area contributed by atoms with Gasteiger partial charge in [0, 0.05) is 0 Å². The maximum atomic E-state index is 11.1. The number of fused-ring (bicyclic) bond motifs is 1. The summed E-state index contributed by atoms with van der Waals surface area (Å²) in [5.74, 6) is -0.873. The SMILES string of the molecule is Cc1ccc(C(=O)O)cc1-c1ccc2c(c1)CCC2. The summed E-state index contributed by atoms with van der Waals surface area (Å²) in [5, 5.41) is 9.10. The zero-order valence-corrected chi connectivity index (χ0v) is 10.9. The van der Waals surface area contributed by atoms with Crippen LogP contribution in [-0.2, 0) is 12.8 Å². The lowest BCUT2D eigenvalue weighted by Gasteiger charge is -2.09. The van der Waals surface area contributed by atoms with Crippen molar-refractivity contribution in [1.82, 2.24) is 0 Å². The van der Waals surface area contributed by atoms with Gasteiger partial charge in [-0.3, -0.25) is 0 Å². The third-order valence-electron chi connectivity index (χ3n) is 3.89. The fourth-order valence-electron chi connectivity index (χ4n) is 2.81. The van der Waals surface area contributed by atoms with Gasteiger partial charge in [-0.15, -0.1) is 0 Å². The lowest BCUT2D eigenvalue weighted by Crippen LogP contribution is -1.97. The Kier molecular flexibility index (Phi) is 2.86.